The third kappa shape index (κ3) is 7.32. The Kier molecular flexibility index (Phi) is 11.7. The number of carbonyl (C=O) groups is 8. The number of hydrogen-bond acceptors (Lipinski definition) is 16. The molecule has 4 bridgehead atoms. The number of hydrogen-bond donors (Lipinski definition) is 0. The van der Waals surface area contributed by atoms with Gasteiger partial charge in [0.1, 0.15) is 22.3 Å². The fraction of sp³-hybridized carbons (Fsp3) is 0.300. The number of rotatable bonds is 8. The minimum Gasteiger partial charge on any atom is -0.465 e. The topological polar surface area (TPSA) is 210 Å². The lowest BCUT2D eigenvalue weighted by atomic mass is 9.84. The highest BCUT2D eigenvalue weighted by Crippen LogP contribution is 2.49. The van der Waals surface area contributed by atoms with E-state index in [-0.39, 0.29) is 70.2 Å². The number of aryl methyl sites for hydroxylation is 4. The van der Waals surface area contributed by atoms with Gasteiger partial charge in [-0.1, -0.05) is 24.3 Å². The van der Waals surface area contributed by atoms with Crippen LogP contribution in [0.5, 0.6) is 23.0 Å². The summed E-state index contributed by atoms with van der Waals surface area (Å²) in [5.41, 5.74) is -0.444. The maximum Gasteiger partial charge on any atom is 0.342 e. The number of ether oxygens (including phenoxy) is 8. The van der Waals surface area contributed by atoms with Crippen molar-refractivity contribution in [3.05, 3.63) is 68.8 Å². The van der Waals surface area contributed by atoms with Crippen molar-refractivity contribution < 1.29 is 76.3 Å². The monoisotopic (exact) mass is 772 g/mol. The second-order valence-corrected chi connectivity index (χ2v) is 12.4. The van der Waals surface area contributed by atoms with Crippen LogP contribution in [0.25, 0.3) is 21.5 Å². The fourth-order valence-corrected chi connectivity index (χ4v) is 6.91. The van der Waals surface area contributed by atoms with Crippen molar-refractivity contribution in [1.82, 2.24) is 0 Å². The summed E-state index contributed by atoms with van der Waals surface area (Å²) in [5.74, 6) is -9.22. The highest BCUT2D eigenvalue weighted by atomic mass is 16.6. The summed E-state index contributed by atoms with van der Waals surface area (Å²) < 4.78 is 42.8. The van der Waals surface area contributed by atoms with Gasteiger partial charge in [-0.05, 0) is 47.9 Å². The van der Waals surface area contributed by atoms with E-state index in [4.69, 9.17) is 37.9 Å². The first kappa shape index (κ1) is 40.3. The van der Waals surface area contributed by atoms with E-state index in [0.29, 0.717) is 22.3 Å². The van der Waals surface area contributed by atoms with Crippen LogP contribution in [0.15, 0.2) is 24.3 Å². The van der Waals surface area contributed by atoms with Crippen LogP contribution in [0.4, 0.5) is 0 Å². The average molecular weight is 773 g/mol. The quantitative estimate of drug-likeness (QED) is 0.135. The summed E-state index contributed by atoms with van der Waals surface area (Å²) in [7, 11) is 4.20. The Balaban J connectivity index is 2.02. The Morgan fingerprint density at radius 2 is 0.536 bits per heavy atom. The van der Waals surface area contributed by atoms with Crippen LogP contribution in [-0.4, -0.2) is 76.2 Å². The summed E-state index contributed by atoms with van der Waals surface area (Å²) in [6.07, 6.45) is 0.190. The van der Waals surface area contributed by atoms with Gasteiger partial charge in [-0.2, -0.15) is 0 Å². The molecule has 0 saturated heterocycles. The molecular formula is C40H36O16. The van der Waals surface area contributed by atoms with Crippen molar-refractivity contribution in [2.75, 3.05) is 28.4 Å². The number of carbonyl (C=O) groups excluding carboxylic acids is 8. The van der Waals surface area contributed by atoms with Gasteiger partial charge in [0.15, 0.2) is 23.0 Å². The van der Waals surface area contributed by atoms with Gasteiger partial charge in [-0.3, -0.25) is 19.2 Å². The molecule has 16 heteroatoms. The van der Waals surface area contributed by atoms with E-state index in [0.717, 1.165) is 56.1 Å². The van der Waals surface area contributed by atoms with Crippen molar-refractivity contribution >= 4 is 69.3 Å². The lowest BCUT2D eigenvalue weighted by molar-refractivity contribution is -0.133. The second-order valence-electron chi connectivity index (χ2n) is 12.4. The molecule has 0 atom stereocenters. The van der Waals surface area contributed by atoms with E-state index in [1.807, 2.05) is 0 Å². The van der Waals surface area contributed by atoms with E-state index in [1.165, 1.54) is 0 Å². The number of fused-ring (bicyclic) bond motifs is 4. The van der Waals surface area contributed by atoms with Gasteiger partial charge in [-0.15, -0.1) is 0 Å². The minimum atomic E-state index is -1.10. The molecule has 0 spiro atoms. The summed E-state index contributed by atoms with van der Waals surface area (Å²) in [4.78, 5) is 105. The zero-order valence-electron chi connectivity index (χ0n) is 31.7. The molecule has 0 unspecified atom stereocenters. The van der Waals surface area contributed by atoms with E-state index in [1.54, 1.807) is 24.3 Å². The largest absolute Gasteiger partial charge is 0.465 e. The molecule has 0 fully saturated rings. The van der Waals surface area contributed by atoms with Crippen LogP contribution in [0.2, 0.25) is 0 Å². The lowest BCUT2D eigenvalue weighted by Crippen LogP contribution is -2.20. The second kappa shape index (κ2) is 16.3. The maximum absolute atomic E-state index is 13.5. The molecule has 6 rings (SSSR count). The predicted molar refractivity (Wildman–Crippen MR) is 193 cm³/mol. The molecule has 292 valence electrons. The standard InChI is InChI=1S/C40H36O16/c1-17(41)53-33-25-21-9-10-22(26(25)34(54-18(2)42)30(38(46)50-6)29(33)37(45)49-5)15-16-24-12-11-23(14-13-21)27-28(24)36(56-20(4)44)32(40(48)52-8)31(39(47)51-7)35(27)55-19(3)43/h9-12H,13-16H2,1-8H3. The average Bonchev–Trinajstić information content (AvgIpc) is 3.14. The Labute approximate surface area is 318 Å². The van der Waals surface area contributed by atoms with Crippen LogP contribution < -0.4 is 18.9 Å². The SMILES string of the molecule is COC(=O)c1c(C(=O)OC)c(OC(C)=O)c2c3ccc(c2c1OC(C)=O)CCc1ccc(c2c(OC(C)=O)c(C(=O)OC)c(C(=O)OC)c(OC(C)=O)c12)CC3. The summed E-state index contributed by atoms with van der Waals surface area (Å²) in [5, 5.41) is 0.575. The fourth-order valence-electron chi connectivity index (χ4n) is 6.91. The minimum absolute atomic E-state index is 0.0475. The Bertz CT molecular complexity index is 2070. The summed E-state index contributed by atoms with van der Waals surface area (Å²) in [6.45, 7) is 4.38. The molecule has 4 aromatic carbocycles. The zero-order chi connectivity index (χ0) is 41.2. The molecule has 0 aliphatic heterocycles. The van der Waals surface area contributed by atoms with Gasteiger partial charge in [0, 0.05) is 49.2 Å². The molecule has 0 radical (unpaired) electrons. The van der Waals surface area contributed by atoms with E-state index in [9.17, 15) is 38.4 Å². The highest BCUT2D eigenvalue weighted by molar-refractivity contribution is 6.18. The van der Waals surface area contributed by atoms with Gasteiger partial charge in [0.05, 0.1) is 28.4 Å². The first-order chi connectivity index (χ1) is 26.6. The zero-order valence-corrected chi connectivity index (χ0v) is 31.7. The Morgan fingerprint density at radius 3 is 0.679 bits per heavy atom. The van der Waals surface area contributed by atoms with Crippen LogP contribution in [0.1, 0.15) is 91.4 Å². The molecule has 0 amide bonds. The molecule has 56 heavy (non-hydrogen) atoms. The van der Waals surface area contributed by atoms with Crippen LogP contribution in [0, 0.1) is 0 Å². The van der Waals surface area contributed by atoms with Gasteiger partial charge in [0.25, 0.3) is 0 Å². The molecule has 0 heterocycles. The summed E-state index contributed by atoms with van der Waals surface area (Å²) in [6, 6.07) is 6.85. The number of esters is 8. The first-order valence-electron chi connectivity index (χ1n) is 17.0. The molecule has 16 nitrogen and oxygen atoms in total. The van der Waals surface area contributed by atoms with E-state index >= 15 is 0 Å². The molecule has 0 N–H and O–H groups in total. The molecule has 0 aromatic heterocycles. The third-order valence-corrected chi connectivity index (χ3v) is 8.94. The van der Waals surface area contributed by atoms with Crippen molar-refractivity contribution in [3.63, 3.8) is 0 Å². The molecule has 0 saturated carbocycles. The molecule has 4 aromatic rings. The van der Waals surface area contributed by atoms with E-state index < -0.39 is 70.0 Å². The molecule has 2 aliphatic carbocycles. The maximum atomic E-state index is 13.5. The van der Waals surface area contributed by atoms with E-state index in [2.05, 4.69) is 0 Å². The van der Waals surface area contributed by atoms with Gasteiger partial charge >= 0.3 is 47.8 Å². The predicted octanol–water partition coefficient (Wildman–Crippen LogP) is 4.72. The molecule has 2 aliphatic rings. The van der Waals surface area contributed by atoms with Crippen LogP contribution in [-0.2, 0) is 63.8 Å². The Morgan fingerprint density at radius 1 is 0.357 bits per heavy atom. The van der Waals surface area contributed by atoms with Gasteiger partial charge < -0.3 is 37.9 Å². The van der Waals surface area contributed by atoms with Gasteiger partial charge in [-0.25, -0.2) is 19.2 Å². The first-order valence-corrected chi connectivity index (χ1v) is 17.0. The molecular weight excluding hydrogens is 736 g/mol. The van der Waals surface area contributed by atoms with Crippen molar-refractivity contribution in [3.8, 4) is 23.0 Å². The smallest absolute Gasteiger partial charge is 0.342 e. The van der Waals surface area contributed by atoms with Crippen molar-refractivity contribution in [1.29, 1.82) is 0 Å². The third-order valence-electron chi connectivity index (χ3n) is 8.94. The van der Waals surface area contributed by atoms with Crippen molar-refractivity contribution in [2.24, 2.45) is 0 Å². The number of methoxy groups -OCH3 is 4. The van der Waals surface area contributed by atoms with Crippen LogP contribution in [0.3, 0.4) is 0 Å². The Hall–Kier alpha value is -6.84. The van der Waals surface area contributed by atoms with Gasteiger partial charge in [0.2, 0.25) is 0 Å². The van der Waals surface area contributed by atoms with Crippen LogP contribution >= 0.6 is 0 Å². The lowest BCUT2D eigenvalue weighted by Gasteiger charge is -2.25. The normalized spacial score (nSPS) is 11.9. The summed E-state index contributed by atoms with van der Waals surface area (Å²) >= 11 is 0. The highest BCUT2D eigenvalue weighted by Gasteiger charge is 2.37. The van der Waals surface area contributed by atoms with Crippen molar-refractivity contribution in [2.45, 2.75) is 53.4 Å². The number of benzene rings is 4.